The van der Waals surface area contributed by atoms with Crippen LogP contribution in [0.1, 0.15) is 25.8 Å². The minimum absolute atomic E-state index is 0.0679. The Balaban J connectivity index is 1.84. The van der Waals surface area contributed by atoms with E-state index in [0.29, 0.717) is 11.5 Å². The van der Waals surface area contributed by atoms with Crippen LogP contribution in [0.15, 0.2) is 53.4 Å². The number of hydrogen-bond donors (Lipinski definition) is 1. The Morgan fingerprint density at radius 3 is 2.39 bits per heavy atom. The molecule has 152 valence electrons. The summed E-state index contributed by atoms with van der Waals surface area (Å²) in [6.45, 7) is 5.02. The maximum absolute atomic E-state index is 13.5. The molecule has 3 rings (SSSR count). The van der Waals surface area contributed by atoms with Crippen molar-refractivity contribution in [1.82, 2.24) is 9.62 Å². The van der Waals surface area contributed by atoms with Crippen LogP contribution in [0.5, 0.6) is 0 Å². The second-order valence-corrected chi connectivity index (χ2v) is 9.57. The molecule has 1 aliphatic rings. The van der Waals surface area contributed by atoms with Crippen molar-refractivity contribution in [2.24, 2.45) is 5.92 Å². The standard InChI is InChI=1S/C21H26F2N2O2S/c1-16(2)13-24-14-17-7-9-18(10-8-17)19-5-3-4-6-20(19)28(26,27)25-12-11-21(22,23)15-25/h3-10,16,24H,11-15H2,1-2H3. The van der Waals surface area contributed by atoms with E-state index in [-0.39, 0.29) is 11.4 Å². The van der Waals surface area contributed by atoms with Crippen molar-refractivity contribution >= 4 is 10.0 Å². The van der Waals surface area contributed by atoms with Crippen molar-refractivity contribution in [2.75, 3.05) is 19.6 Å². The van der Waals surface area contributed by atoms with Gasteiger partial charge < -0.3 is 5.32 Å². The number of halogens is 2. The zero-order chi connectivity index (χ0) is 20.4. The van der Waals surface area contributed by atoms with Gasteiger partial charge in [-0.2, -0.15) is 4.31 Å². The highest BCUT2D eigenvalue weighted by Crippen LogP contribution is 2.34. The number of hydrogen-bond acceptors (Lipinski definition) is 3. The summed E-state index contributed by atoms with van der Waals surface area (Å²) >= 11 is 0. The van der Waals surface area contributed by atoms with Crippen molar-refractivity contribution in [3.8, 4) is 11.1 Å². The SMILES string of the molecule is CC(C)CNCc1ccc(-c2ccccc2S(=O)(=O)N2CCC(F)(F)C2)cc1. The predicted octanol–water partition coefficient (Wildman–Crippen LogP) is 4.13. The van der Waals surface area contributed by atoms with Gasteiger partial charge in [0.15, 0.2) is 0 Å². The van der Waals surface area contributed by atoms with E-state index in [1.165, 1.54) is 6.07 Å². The molecule has 4 nitrogen and oxygen atoms in total. The van der Waals surface area contributed by atoms with E-state index in [1.54, 1.807) is 18.2 Å². The van der Waals surface area contributed by atoms with Crippen LogP contribution in [0.2, 0.25) is 0 Å². The van der Waals surface area contributed by atoms with Gasteiger partial charge in [-0.1, -0.05) is 56.3 Å². The molecule has 1 heterocycles. The first-order chi connectivity index (χ1) is 13.2. The average Bonchev–Trinajstić information content (AvgIpc) is 3.03. The molecule has 0 amide bonds. The molecule has 1 N–H and O–H groups in total. The molecule has 0 atom stereocenters. The van der Waals surface area contributed by atoms with Crippen molar-refractivity contribution in [3.05, 3.63) is 54.1 Å². The maximum Gasteiger partial charge on any atom is 0.262 e. The molecule has 0 bridgehead atoms. The molecule has 0 aliphatic carbocycles. The van der Waals surface area contributed by atoms with Crippen LogP contribution in [0, 0.1) is 5.92 Å². The van der Waals surface area contributed by atoms with Gasteiger partial charge in [0.1, 0.15) is 0 Å². The fourth-order valence-electron chi connectivity index (χ4n) is 3.29. The minimum Gasteiger partial charge on any atom is -0.312 e. The lowest BCUT2D eigenvalue weighted by Gasteiger charge is -2.19. The maximum atomic E-state index is 13.5. The molecule has 2 aromatic rings. The van der Waals surface area contributed by atoms with Gasteiger partial charge in [-0.15, -0.1) is 0 Å². The molecular formula is C21H26F2N2O2S. The summed E-state index contributed by atoms with van der Waals surface area (Å²) < 4.78 is 53.9. The number of benzene rings is 2. The van der Waals surface area contributed by atoms with Gasteiger partial charge in [-0.05, 0) is 29.7 Å². The van der Waals surface area contributed by atoms with Crippen molar-refractivity contribution in [2.45, 2.75) is 37.6 Å². The lowest BCUT2D eigenvalue weighted by atomic mass is 10.0. The lowest BCUT2D eigenvalue weighted by Crippen LogP contribution is -2.31. The van der Waals surface area contributed by atoms with Crippen LogP contribution in [-0.4, -0.2) is 38.3 Å². The van der Waals surface area contributed by atoms with Crippen LogP contribution in [0.4, 0.5) is 8.78 Å². The Morgan fingerprint density at radius 2 is 1.79 bits per heavy atom. The molecule has 0 aromatic heterocycles. The highest BCUT2D eigenvalue weighted by Gasteiger charge is 2.44. The summed E-state index contributed by atoms with van der Waals surface area (Å²) in [7, 11) is -3.98. The van der Waals surface area contributed by atoms with E-state index >= 15 is 0 Å². The molecule has 1 saturated heterocycles. The van der Waals surface area contributed by atoms with Gasteiger partial charge in [0.05, 0.1) is 11.4 Å². The third-order valence-corrected chi connectivity index (χ3v) is 6.69. The molecule has 2 aromatic carbocycles. The van der Waals surface area contributed by atoms with Crippen LogP contribution >= 0.6 is 0 Å². The summed E-state index contributed by atoms with van der Waals surface area (Å²) in [6, 6.07) is 14.2. The first-order valence-corrected chi connectivity index (χ1v) is 10.9. The zero-order valence-electron chi connectivity index (χ0n) is 16.2. The van der Waals surface area contributed by atoms with Crippen LogP contribution in [0.3, 0.4) is 0 Å². The topological polar surface area (TPSA) is 49.4 Å². The summed E-state index contributed by atoms with van der Waals surface area (Å²) in [5, 5.41) is 3.37. The molecule has 0 saturated carbocycles. The van der Waals surface area contributed by atoms with Gasteiger partial charge in [0, 0.05) is 25.1 Å². The summed E-state index contributed by atoms with van der Waals surface area (Å²) in [5.74, 6) is -2.40. The van der Waals surface area contributed by atoms with Gasteiger partial charge in [-0.3, -0.25) is 0 Å². The fraction of sp³-hybridized carbons (Fsp3) is 0.429. The Labute approximate surface area is 165 Å². The molecule has 1 fully saturated rings. The number of nitrogens with zero attached hydrogens (tertiary/aromatic N) is 1. The molecule has 0 radical (unpaired) electrons. The van der Waals surface area contributed by atoms with Gasteiger partial charge in [0.2, 0.25) is 10.0 Å². The number of rotatable bonds is 7. The molecular weight excluding hydrogens is 382 g/mol. The Morgan fingerprint density at radius 1 is 1.11 bits per heavy atom. The number of sulfonamides is 1. The van der Waals surface area contributed by atoms with Crippen LogP contribution < -0.4 is 5.32 Å². The highest BCUT2D eigenvalue weighted by molar-refractivity contribution is 7.89. The average molecular weight is 409 g/mol. The van der Waals surface area contributed by atoms with E-state index < -0.39 is 28.9 Å². The Kier molecular flexibility index (Phi) is 6.17. The highest BCUT2D eigenvalue weighted by atomic mass is 32.2. The monoisotopic (exact) mass is 408 g/mol. The largest absolute Gasteiger partial charge is 0.312 e. The molecule has 7 heteroatoms. The quantitative estimate of drug-likeness (QED) is 0.750. The van der Waals surface area contributed by atoms with Crippen molar-refractivity contribution in [3.63, 3.8) is 0 Å². The van der Waals surface area contributed by atoms with Crippen molar-refractivity contribution in [1.29, 1.82) is 0 Å². The normalized spacial score (nSPS) is 17.3. The smallest absolute Gasteiger partial charge is 0.262 e. The van der Waals surface area contributed by atoms with Gasteiger partial charge in [0.25, 0.3) is 5.92 Å². The second-order valence-electron chi connectivity index (χ2n) is 7.66. The molecule has 1 aliphatic heterocycles. The lowest BCUT2D eigenvalue weighted by molar-refractivity contribution is 0.0183. The molecule has 0 spiro atoms. The fourth-order valence-corrected chi connectivity index (χ4v) is 4.97. The molecule has 28 heavy (non-hydrogen) atoms. The Bertz CT molecular complexity index is 912. The zero-order valence-corrected chi connectivity index (χ0v) is 17.0. The summed E-state index contributed by atoms with van der Waals surface area (Å²) in [5.41, 5.74) is 2.38. The number of alkyl halides is 2. The number of nitrogens with one attached hydrogen (secondary N) is 1. The summed E-state index contributed by atoms with van der Waals surface area (Å²) in [4.78, 5) is 0.0679. The minimum atomic E-state index is -3.98. The summed E-state index contributed by atoms with van der Waals surface area (Å²) in [6.07, 6.45) is -0.438. The van der Waals surface area contributed by atoms with E-state index in [0.717, 1.165) is 28.5 Å². The van der Waals surface area contributed by atoms with Crippen LogP contribution in [-0.2, 0) is 16.6 Å². The van der Waals surface area contributed by atoms with Crippen LogP contribution in [0.25, 0.3) is 11.1 Å². The Hall–Kier alpha value is -1.83. The van der Waals surface area contributed by atoms with Gasteiger partial charge in [-0.25, -0.2) is 17.2 Å². The van der Waals surface area contributed by atoms with Gasteiger partial charge >= 0.3 is 0 Å². The third kappa shape index (κ3) is 4.77. The molecule has 0 unspecified atom stereocenters. The van der Waals surface area contributed by atoms with E-state index in [2.05, 4.69) is 19.2 Å². The predicted molar refractivity (Wildman–Crippen MR) is 107 cm³/mol. The second kappa shape index (κ2) is 8.27. The van der Waals surface area contributed by atoms with Crippen molar-refractivity contribution < 1.29 is 17.2 Å². The first kappa shape index (κ1) is 20.9. The van der Waals surface area contributed by atoms with E-state index in [4.69, 9.17) is 0 Å². The van der Waals surface area contributed by atoms with E-state index in [1.807, 2.05) is 24.3 Å². The first-order valence-electron chi connectivity index (χ1n) is 9.46. The third-order valence-electron chi connectivity index (χ3n) is 4.79. The van der Waals surface area contributed by atoms with E-state index in [9.17, 15) is 17.2 Å².